The molecule has 0 radical (unpaired) electrons. The highest BCUT2D eigenvalue weighted by Crippen LogP contribution is 2.24. The third-order valence-corrected chi connectivity index (χ3v) is 3.19. The Kier molecular flexibility index (Phi) is 5.63. The second kappa shape index (κ2) is 6.78. The third kappa shape index (κ3) is 6.45. The van der Waals surface area contributed by atoms with E-state index < -0.39 is 18.5 Å². The van der Waals surface area contributed by atoms with Gasteiger partial charge in [-0.3, -0.25) is 4.79 Å². The predicted molar refractivity (Wildman–Crippen MR) is 68.3 cm³/mol. The minimum atomic E-state index is -4.13. The van der Waals surface area contributed by atoms with E-state index in [4.69, 9.17) is 0 Å². The molecule has 5 heteroatoms. The summed E-state index contributed by atoms with van der Waals surface area (Å²) < 4.78 is 36.0. The molecule has 1 atom stereocenters. The lowest BCUT2D eigenvalue weighted by molar-refractivity contribution is -0.137. The van der Waals surface area contributed by atoms with E-state index in [2.05, 4.69) is 5.32 Å². The van der Waals surface area contributed by atoms with E-state index in [0.717, 1.165) is 18.5 Å². The normalized spacial score (nSPS) is 17.5. The summed E-state index contributed by atoms with van der Waals surface area (Å²) in [6.07, 6.45) is 0.799. The molecule has 0 fully saturated rings. The first kappa shape index (κ1) is 15.8. The standard InChI is InChI=1S/C14H20F3NO/c1-10-5-7-12(8-6-10)18-13(19)11(2)4-3-9-14(15,16)17/h5,7,11H,3-4,6,8-9H2,1-2H3,(H,18,19)/t11-/m0/s1. The van der Waals surface area contributed by atoms with Crippen LogP contribution < -0.4 is 5.32 Å². The van der Waals surface area contributed by atoms with Crippen molar-refractivity contribution in [3.05, 3.63) is 23.4 Å². The molecule has 0 heterocycles. The summed E-state index contributed by atoms with van der Waals surface area (Å²) >= 11 is 0. The van der Waals surface area contributed by atoms with Crippen molar-refractivity contribution in [2.45, 2.75) is 52.1 Å². The SMILES string of the molecule is CC1=CC=C(NC(=O)[C@@H](C)CCCC(F)(F)F)CC1. The molecule has 1 aliphatic carbocycles. The molecule has 1 N–H and O–H groups in total. The third-order valence-electron chi connectivity index (χ3n) is 3.19. The predicted octanol–water partition coefficient (Wildman–Crippen LogP) is 4.10. The number of hydrogen-bond donors (Lipinski definition) is 1. The molecule has 0 aromatic rings. The van der Waals surface area contributed by atoms with Crippen LogP contribution in [0.4, 0.5) is 13.2 Å². The molecule has 1 aliphatic rings. The maximum absolute atomic E-state index is 12.0. The van der Waals surface area contributed by atoms with Gasteiger partial charge in [0.2, 0.25) is 5.91 Å². The highest BCUT2D eigenvalue weighted by atomic mass is 19.4. The summed E-state index contributed by atoms with van der Waals surface area (Å²) in [6.45, 7) is 3.69. The van der Waals surface area contributed by atoms with E-state index >= 15 is 0 Å². The fourth-order valence-corrected chi connectivity index (χ4v) is 1.87. The van der Waals surface area contributed by atoms with Gasteiger partial charge >= 0.3 is 6.18 Å². The average Bonchev–Trinajstić information content (AvgIpc) is 2.30. The zero-order valence-corrected chi connectivity index (χ0v) is 11.3. The minimum Gasteiger partial charge on any atom is -0.330 e. The van der Waals surface area contributed by atoms with E-state index in [1.807, 2.05) is 19.1 Å². The van der Waals surface area contributed by atoms with Crippen LogP contribution in [-0.4, -0.2) is 12.1 Å². The van der Waals surface area contributed by atoms with Gasteiger partial charge in [0.25, 0.3) is 0 Å². The van der Waals surface area contributed by atoms with Crippen LogP contribution in [0.5, 0.6) is 0 Å². The molecule has 1 rings (SSSR count). The van der Waals surface area contributed by atoms with Crippen molar-refractivity contribution in [3.63, 3.8) is 0 Å². The van der Waals surface area contributed by atoms with Crippen LogP contribution in [0.25, 0.3) is 0 Å². The van der Waals surface area contributed by atoms with E-state index in [9.17, 15) is 18.0 Å². The molecule has 0 aliphatic heterocycles. The van der Waals surface area contributed by atoms with Crippen LogP contribution in [0.1, 0.15) is 46.0 Å². The molecule has 0 bridgehead atoms. The number of amides is 1. The summed E-state index contributed by atoms with van der Waals surface area (Å²) in [6, 6.07) is 0. The average molecular weight is 275 g/mol. The zero-order chi connectivity index (χ0) is 14.5. The quantitative estimate of drug-likeness (QED) is 0.804. The van der Waals surface area contributed by atoms with Crippen LogP contribution >= 0.6 is 0 Å². The smallest absolute Gasteiger partial charge is 0.330 e. The van der Waals surface area contributed by atoms with Crippen LogP contribution in [0.15, 0.2) is 23.4 Å². The Hall–Kier alpha value is -1.26. The van der Waals surface area contributed by atoms with Crippen molar-refractivity contribution < 1.29 is 18.0 Å². The van der Waals surface area contributed by atoms with E-state index in [0.29, 0.717) is 0 Å². The maximum Gasteiger partial charge on any atom is 0.389 e. The Morgan fingerprint density at radius 1 is 1.37 bits per heavy atom. The lowest BCUT2D eigenvalue weighted by Crippen LogP contribution is -2.29. The zero-order valence-electron chi connectivity index (χ0n) is 11.3. The summed E-state index contributed by atoms with van der Waals surface area (Å²) in [7, 11) is 0. The molecule has 19 heavy (non-hydrogen) atoms. The Labute approximate surface area is 111 Å². The van der Waals surface area contributed by atoms with Crippen molar-refractivity contribution in [1.82, 2.24) is 5.32 Å². The first-order chi connectivity index (χ1) is 8.78. The topological polar surface area (TPSA) is 29.1 Å². The number of allylic oxidation sites excluding steroid dienone is 4. The molecule has 0 aromatic carbocycles. The second-order valence-corrected chi connectivity index (χ2v) is 5.10. The van der Waals surface area contributed by atoms with Gasteiger partial charge in [-0.25, -0.2) is 0 Å². The summed E-state index contributed by atoms with van der Waals surface area (Å²) in [5, 5.41) is 2.78. The molecule has 0 unspecified atom stereocenters. The maximum atomic E-state index is 12.0. The highest BCUT2D eigenvalue weighted by molar-refractivity contribution is 5.80. The van der Waals surface area contributed by atoms with Crippen molar-refractivity contribution in [3.8, 4) is 0 Å². The van der Waals surface area contributed by atoms with Gasteiger partial charge < -0.3 is 5.32 Å². The van der Waals surface area contributed by atoms with Crippen molar-refractivity contribution in [2.24, 2.45) is 5.92 Å². The number of nitrogens with one attached hydrogen (secondary N) is 1. The summed E-state index contributed by atoms with van der Waals surface area (Å²) in [4.78, 5) is 11.8. The van der Waals surface area contributed by atoms with E-state index in [1.54, 1.807) is 6.92 Å². The number of carbonyl (C=O) groups excluding carboxylic acids is 1. The largest absolute Gasteiger partial charge is 0.389 e. The molecular formula is C14H20F3NO. The first-order valence-electron chi connectivity index (χ1n) is 6.52. The molecule has 0 saturated carbocycles. The number of hydrogen-bond acceptors (Lipinski definition) is 1. The second-order valence-electron chi connectivity index (χ2n) is 5.10. The first-order valence-corrected chi connectivity index (χ1v) is 6.52. The van der Waals surface area contributed by atoms with Crippen LogP contribution in [0, 0.1) is 5.92 Å². The lowest BCUT2D eigenvalue weighted by Gasteiger charge is -2.17. The lowest BCUT2D eigenvalue weighted by atomic mass is 10.0. The van der Waals surface area contributed by atoms with Gasteiger partial charge in [0.15, 0.2) is 0 Å². The van der Waals surface area contributed by atoms with Crippen LogP contribution in [-0.2, 0) is 4.79 Å². The fraction of sp³-hybridized carbons (Fsp3) is 0.643. The molecule has 2 nitrogen and oxygen atoms in total. The Morgan fingerprint density at radius 2 is 2.05 bits per heavy atom. The Morgan fingerprint density at radius 3 is 2.58 bits per heavy atom. The molecule has 1 amide bonds. The van der Waals surface area contributed by atoms with Gasteiger partial charge in [0.05, 0.1) is 0 Å². The van der Waals surface area contributed by atoms with Gasteiger partial charge in [-0.05, 0) is 38.7 Å². The van der Waals surface area contributed by atoms with Gasteiger partial charge in [-0.2, -0.15) is 13.2 Å². The minimum absolute atomic E-state index is 0.00382. The molecule has 0 spiro atoms. The van der Waals surface area contributed by atoms with Crippen molar-refractivity contribution >= 4 is 5.91 Å². The fourth-order valence-electron chi connectivity index (χ4n) is 1.87. The van der Waals surface area contributed by atoms with Crippen LogP contribution in [0.3, 0.4) is 0 Å². The molecule has 108 valence electrons. The molecular weight excluding hydrogens is 255 g/mol. The number of carbonyl (C=O) groups is 1. The van der Waals surface area contributed by atoms with Crippen molar-refractivity contribution in [1.29, 1.82) is 0 Å². The van der Waals surface area contributed by atoms with Gasteiger partial charge in [0.1, 0.15) is 0 Å². The van der Waals surface area contributed by atoms with Gasteiger partial charge in [-0.15, -0.1) is 0 Å². The summed E-state index contributed by atoms with van der Waals surface area (Å²) in [5.74, 6) is -0.586. The van der Waals surface area contributed by atoms with Gasteiger partial charge in [0, 0.05) is 18.0 Å². The Balaban J connectivity index is 2.33. The van der Waals surface area contributed by atoms with E-state index in [-0.39, 0.29) is 18.7 Å². The van der Waals surface area contributed by atoms with E-state index in [1.165, 1.54) is 5.57 Å². The van der Waals surface area contributed by atoms with Crippen LogP contribution in [0.2, 0.25) is 0 Å². The monoisotopic (exact) mass is 275 g/mol. The number of halogens is 3. The molecule has 0 saturated heterocycles. The highest BCUT2D eigenvalue weighted by Gasteiger charge is 2.27. The summed E-state index contributed by atoms with van der Waals surface area (Å²) in [5.41, 5.74) is 2.11. The molecule has 0 aromatic heterocycles. The number of alkyl halides is 3. The Bertz CT molecular complexity index is 383. The number of rotatable bonds is 5. The van der Waals surface area contributed by atoms with Gasteiger partial charge in [-0.1, -0.05) is 18.6 Å². The van der Waals surface area contributed by atoms with Crippen molar-refractivity contribution in [2.75, 3.05) is 0 Å².